The molecular formula is C29H46N2. The largest absolute Gasteiger partial charge is 0.329 e. The van der Waals surface area contributed by atoms with Gasteiger partial charge in [-0.25, -0.2) is 0 Å². The number of nitrogens with two attached hydrogens (primary N) is 2. The van der Waals surface area contributed by atoms with Gasteiger partial charge < -0.3 is 11.5 Å². The summed E-state index contributed by atoms with van der Waals surface area (Å²) in [4.78, 5) is 0. The van der Waals surface area contributed by atoms with E-state index in [0.717, 1.165) is 11.8 Å². The lowest BCUT2D eigenvalue weighted by molar-refractivity contribution is 0.382. The summed E-state index contributed by atoms with van der Waals surface area (Å²) in [5.41, 5.74) is 18.2. The van der Waals surface area contributed by atoms with Crippen molar-refractivity contribution in [3.05, 3.63) is 70.8 Å². The predicted octanol–water partition coefficient (Wildman–Crippen LogP) is 6.98. The predicted molar refractivity (Wildman–Crippen MR) is 136 cm³/mol. The van der Waals surface area contributed by atoms with Crippen molar-refractivity contribution in [3.8, 4) is 0 Å². The number of hydrogen-bond donors (Lipinski definition) is 2. The number of benzene rings is 2. The van der Waals surface area contributed by atoms with E-state index < -0.39 is 5.54 Å². The van der Waals surface area contributed by atoms with Crippen LogP contribution in [0.3, 0.4) is 0 Å². The molecule has 0 amide bonds. The third-order valence-corrected chi connectivity index (χ3v) is 7.14. The lowest BCUT2D eigenvalue weighted by atomic mass is 9.59. The summed E-state index contributed by atoms with van der Waals surface area (Å²) >= 11 is 0. The quantitative estimate of drug-likeness (QED) is 0.558. The van der Waals surface area contributed by atoms with E-state index in [1.807, 2.05) is 41.5 Å². The SMILES string of the molecule is CC.CC.CC.CC1(N)c2ccccc2C(CN)(C2CC2CC2CC2)c2ccccc21. The maximum absolute atomic E-state index is 6.88. The molecule has 3 aliphatic rings. The van der Waals surface area contributed by atoms with Crippen LogP contribution in [-0.2, 0) is 11.0 Å². The van der Waals surface area contributed by atoms with Gasteiger partial charge in [-0.05, 0) is 59.8 Å². The third-order valence-electron chi connectivity index (χ3n) is 7.14. The molecular weight excluding hydrogens is 376 g/mol. The topological polar surface area (TPSA) is 52.0 Å². The van der Waals surface area contributed by atoms with E-state index in [2.05, 4.69) is 55.5 Å². The van der Waals surface area contributed by atoms with Crippen molar-refractivity contribution < 1.29 is 0 Å². The summed E-state index contributed by atoms with van der Waals surface area (Å²) in [5.74, 6) is 2.48. The maximum Gasteiger partial charge on any atom is 0.0642 e. The standard InChI is InChI=1S/C23H28N2.3C2H6/c1-22(25)17-6-2-4-8-19(17)23(14-24,20-9-5-3-7-18(20)22)21-13-16(21)12-15-10-11-15;3*1-2/h2-9,15-16,21H,10-14,24-25H2,1H3;3*1-2H3. The van der Waals surface area contributed by atoms with Gasteiger partial charge in [-0.2, -0.15) is 0 Å². The van der Waals surface area contributed by atoms with Gasteiger partial charge in [-0.1, -0.05) is 103 Å². The fraction of sp³-hybridized carbons (Fsp3) is 0.586. The van der Waals surface area contributed by atoms with Crippen molar-refractivity contribution >= 4 is 0 Å². The van der Waals surface area contributed by atoms with Crippen LogP contribution in [0.1, 0.15) is 96.4 Å². The van der Waals surface area contributed by atoms with Gasteiger partial charge in [0, 0.05) is 12.0 Å². The minimum atomic E-state index is -0.452. The van der Waals surface area contributed by atoms with E-state index in [-0.39, 0.29) is 5.41 Å². The van der Waals surface area contributed by atoms with E-state index in [4.69, 9.17) is 11.5 Å². The molecule has 4 N–H and O–H groups in total. The van der Waals surface area contributed by atoms with Gasteiger partial charge in [0.05, 0.1) is 5.54 Å². The van der Waals surface area contributed by atoms with Gasteiger partial charge in [0.2, 0.25) is 0 Å². The minimum absolute atomic E-state index is 0.0639. The maximum atomic E-state index is 6.88. The van der Waals surface area contributed by atoms with Crippen LogP contribution in [0.25, 0.3) is 0 Å². The first-order chi connectivity index (χ1) is 15.1. The molecule has 2 aromatic rings. The van der Waals surface area contributed by atoms with E-state index in [1.165, 1.54) is 47.9 Å². The Bertz CT molecular complexity index is 769. The van der Waals surface area contributed by atoms with Gasteiger partial charge in [0.15, 0.2) is 0 Å². The smallest absolute Gasteiger partial charge is 0.0642 e. The first-order valence-corrected chi connectivity index (χ1v) is 12.8. The van der Waals surface area contributed by atoms with Gasteiger partial charge in [-0.15, -0.1) is 0 Å². The zero-order valence-electron chi connectivity index (χ0n) is 21.0. The average Bonchev–Trinajstić information content (AvgIpc) is 3.78. The van der Waals surface area contributed by atoms with E-state index >= 15 is 0 Å². The highest BCUT2D eigenvalue weighted by Gasteiger charge is 2.58. The fourth-order valence-electron chi connectivity index (χ4n) is 5.60. The molecule has 2 aromatic carbocycles. The van der Waals surface area contributed by atoms with E-state index in [1.54, 1.807) is 0 Å². The van der Waals surface area contributed by atoms with Crippen LogP contribution in [0.15, 0.2) is 48.5 Å². The normalized spacial score (nSPS) is 29.5. The number of hydrogen-bond acceptors (Lipinski definition) is 2. The monoisotopic (exact) mass is 422 g/mol. The Balaban J connectivity index is 0.000000527. The van der Waals surface area contributed by atoms with Crippen molar-refractivity contribution in [2.24, 2.45) is 29.2 Å². The lowest BCUT2D eigenvalue weighted by Crippen LogP contribution is -2.50. The molecule has 2 fully saturated rings. The minimum Gasteiger partial charge on any atom is -0.329 e. The first kappa shape index (κ1) is 25.6. The molecule has 0 aromatic heterocycles. The zero-order chi connectivity index (χ0) is 23.2. The molecule has 172 valence electrons. The second kappa shape index (κ2) is 10.8. The Morgan fingerprint density at radius 1 is 0.774 bits per heavy atom. The summed E-state index contributed by atoms with van der Waals surface area (Å²) in [7, 11) is 0. The molecule has 0 heterocycles. The van der Waals surface area contributed by atoms with Crippen LogP contribution in [-0.4, -0.2) is 6.54 Å². The Morgan fingerprint density at radius 2 is 1.19 bits per heavy atom. The number of rotatable bonds is 4. The van der Waals surface area contributed by atoms with Gasteiger partial charge in [0.25, 0.3) is 0 Å². The number of fused-ring (bicyclic) bond motifs is 2. The van der Waals surface area contributed by atoms with Crippen molar-refractivity contribution in [1.29, 1.82) is 0 Å². The Kier molecular flexibility index (Phi) is 8.92. The third kappa shape index (κ3) is 4.47. The molecule has 0 radical (unpaired) electrons. The van der Waals surface area contributed by atoms with Gasteiger partial charge in [0.1, 0.15) is 0 Å². The summed E-state index contributed by atoms with van der Waals surface area (Å²) in [6.45, 7) is 14.8. The van der Waals surface area contributed by atoms with Crippen LogP contribution in [0.5, 0.6) is 0 Å². The van der Waals surface area contributed by atoms with Crippen LogP contribution in [0.4, 0.5) is 0 Å². The van der Waals surface area contributed by atoms with E-state index in [0.29, 0.717) is 12.5 Å². The molecule has 0 aliphatic heterocycles. The summed E-state index contributed by atoms with van der Waals surface area (Å²) in [5, 5.41) is 0. The Morgan fingerprint density at radius 3 is 1.58 bits per heavy atom. The summed E-state index contributed by atoms with van der Waals surface area (Å²) in [6, 6.07) is 17.6. The van der Waals surface area contributed by atoms with Crippen molar-refractivity contribution in [2.75, 3.05) is 6.54 Å². The van der Waals surface area contributed by atoms with E-state index in [9.17, 15) is 0 Å². The first-order valence-electron chi connectivity index (χ1n) is 12.8. The molecule has 2 saturated carbocycles. The van der Waals surface area contributed by atoms with Crippen LogP contribution < -0.4 is 11.5 Å². The average molecular weight is 423 g/mol. The molecule has 2 nitrogen and oxygen atoms in total. The highest BCUT2D eigenvalue weighted by molar-refractivity contribution is 5.60. The lowest BCUT2D eigenvalue weighted by Gasteiger charge is -2.47. The molecule has 2 atom stereocenters. The molecule has 31 heavy (non-hydrogen) atoms. The molecule has 2 heteroatoms. The van der Waals surface area contributed by atoms with Crippen molar-refractivity contribution in [2.45, 2.75) is 85.1 Å². The van der Waals surface area contributed by atoms with Crippen molar-refractivity contribution in [1.82, 2.24) is 0 Å². The van der Waals surface area contributed by atoms with Crippen LogP contribution in [0.2, 0.25) is 0 Å². The molecule has 2 unspecified atom stereocenters. The Labute approximate surface area is 191 Å². The molecule has 0 bridgehead atoms. The van der Waals surface area contributed by atoms with Crippen molar-refractivity contribution in [3.63, 3.8) is 0 Å². The second-order valence-corrected chi connectivity index (χ2v) is 8.75. The van der Waals surface area contributed by atoms with Crippen LogP contribution in [0, 0.1) is 17.8 Å². The molecule has 0 saturated heterocycles. The fourth-order valence-corrected chi connectivity index (χ4v) is 5.60. The zero-order valence-corrected chi connectivity index (χ0v) is 21.0. The van der Waals surface area contributed by atoms with Gasteiger partial charge in [-0.3, -0.25) is 0 Å². The molecule has 3 aliphatic carbocycles. The highest BCUT2D eigenvalue weighted by atomic mass is 14.8. The highest BCUT2D eigenvalue weighted by Crippen LogP contribution is 2.62. The summed E-state index contributed by atoms with van der Waals surface area (Å²) in [6.07, 6.45) is 5.59. The second-order valence-electron chi connectivity index (χ2n) is 8.75. The van der Waals surface area contributed by atoms with Gasteiger partial charge >= 0.3 is 0 Å². The van der Waals surface area contributed by atoms with Crippen LogP contribution >= 0.6 is 0 Å². The summed E-state index contributed by atoms with van der Waals surface area (Å²) < 4.78 is 0. The molecule has 5 rings (SSSR count). The Hall–Kier alpha value is -1.64. The molecule has 0 spiro atoms.